The summed E-state index contributed by atoms with van der Waals surface area (Å²) in [5.41, 5.74) is 23.5. The lowest BCUT2D eigenvalue weighted by atomic mass is 9.36. The van der Waals surface area contributed by atoms with Gasteiger partial charge in [0.25, 0.3) is 6.71 Å². The van der Waals surface area contributed by atoms with Gasteiger partial charge in [0.05, 0.1) is 49.5 Å². The van der Waals surface area contributed by atoms with Crippen molar-refractivity contribution in [1.82, 2.24) is 9.13 Å². The number of nitrogens with zero attached hydrogens (tertiary/aromatic N) is 4. The Labute approximate surface area is 532 Å². The van der Waals surface area contributed by atoms with Crippen molar-refractivity contribution in [2.75, 3.05) is 9.80 Å². The number of anilines is 6. The van der Waals surface area contributed by atoms with Crippen LogP contribution in [0.1, 0.15) is 132 Å². The van der Waals surface area contributed by atoms with Crippen molar-refractivity contribution in [2.45, 2.75) is 131 Å². The molecule has 0 saturated carbocycles. The lowest BCUT2D eigenvalue weighted by Gasteiger charge is -2.44. The van der Waals surface area contributed by atoms with E-state index in [4.69, 9.17) is 0 Å². The maximum atomic E-state index is 2.70. The van der Waals surface area contributed by atoms with Gasteiger partial charge in [0.2, 0.25) is 0 Å². The summed E-state index contributed by atoms with van der Waals surface area (Å²) in [4.78, 5) is 5.38. The average molecular weight is 1190 g/mol. The molecule has 440 valence electrons. The third-order valence-electron chi connectivity index (χ3n) is 19.7. The van der Waals surface area contributed by atoms with Gasteiger partial charge in [0, 0.05) is 74.6 Å². The normalized spacial score (nSPS) is 13.9. The van der Waals surface area contributed by atoms with Crippen LogP contribution in [0.15, 0.2) is 194 Å². The second-order valence-electron chi connectivity index (χ2n) is 30.7. The first-order chi connectivity index (χ1) is 42.3. The Kier molecular flexibility index (Phi) is 12.0. The third kappa shape index (κ3) is 8.50. The van der Waals surface area contributed by atoms with Gasteiger partial charge in [-0.15, -0.1) is 22.7 Å². The molecule has 2 aliphatic heterocycles. The number of fused-ring (bicyclic) bond motifs is 16. The molecule has 10 aromatic carbocycles. The Balaban J connectivity index is 1.11. The van der Waals surface area contributed by atoms with Gasteiger partial charge in [-0.3, -0.25) is 0 Å². The van der Waals surface area contributed by atoms with Crippen LogP contribution in [-0.2, 0) is 27.1 Å². The molecular formula is C82H77BN4S2. The smallest absolute Gasteiger partial charge is 0.264 e. The molecule has 0 radical (unpaired) electrons. The molecule has 89 heavy (non-hydrogen) atoms. The van der Waals surface area contributed by atoms with E-state index in [0.717, 1.165) is 17.1 Å². The summed E-state index contributed by atoms with van der Waals surface area (Å²) in [6.45, 7) is 34.9. The number of hydrogen-bond acceptors (Lipinski definition) is 4. The Bertz CT molecular complexity index is 5160. The van der Waals surface area contributed by atoms with Gasteiger partial charge in [-0.05, 0) is 163 Å². The lowest BCUT2D eigenvalue weighted by Crippen LogP contribution is -2.60. The van der Waals surface area contributed by atoms with Crippen LogP contribution in [0.5, 0.6) is 0 Å². The Morgan fingerprint density at radius 1 is 0.315 bits per heavy atom. The predicted octanol–water partition coefficient (Wildman–Crippen LogP) is 22.0. The summed E-state index contributed by atoms with van der Waals surface area (Å²) in [5.74, 6) is 0. The van der Waals surface area contributed by atoms with Crippen molar-refractivity contribution in [3.8, 4) is 11.4 Å². The molecule has 7 heteroatoms. The van der Waals surface area contributed by atoms with E-state index in [1.54, 1.807) is 0 Å². The molecule has 0 bridgehead atoms. The monoisotopic (exact) mass is 1190 g/mol. The second kappa shape index (κ2) is 19.1. The van der Waals surface area contributed by atoms with Crippen LogP contribution in [0.2, 0.25) is 0 Å². The van der Waals surface area contributed by atoms with Crippen LogP contribution in [0.25, 0.3) is 85.2 Å². The van der Waals surface area contributed by atoms with E-state index in [9.17, 15) is 0 Å². The Morgan fingerprint density at radius 3 is 1.24 bits per heavy atom. The molecule has 4 aromatic heterocycles. The van der Waals surface area contributed by atoms with Gasteiger partial charge >= 0.3 is 0 Å². The van der Waals surface area contributed by atoms with Crippen molar-refractivity contribution in [3.05, 3.63) is 222 Å². The molecule has 14 aromatic rings. The van der Waals surface area contributed by atoms with Crippen LogP contribution in [0, 0.1) is 0 Å². The standard InChI is InChI=1S/C82H77BN4S2/c1-78(2,3)48-28-35-53(36-29-48)85-67-45-55(84-63-25-19-16-22-56(63)57-23-17-20-26-64(57)84)46-68-73(67)83(77-74(85)61-44-52(82(13,14)15)34-41-71(61)89-77)62-47-69(87-65-39-32-50(80(7,8)9)42-59(65)60-43-51(81(10,11)12)33-40-66(60)87)76-72(58-24-18-21-27-70(58)88-76)75(62)86(68)54-37-30-49(31-38-54)79(4,5)6/h16-47H,1-15H3. The van der Waals surface area contributed by atoms with Gasteiger partial charge in [-0.25, -0.2) is 0 Å². The molecule has 0 spiro atoms. The molecule has 2 aliphatic rings. The molecule has 0 saturated heterocycles. The van der Waals surface area contributed by atoms with E-state index < -0.39 is 0 Å². The lowest BCUT2D eigenvalue weighted by molar-refractivity contribution is 0.590. The average Bonchev–Trinajstić information content (AvgIpc) is 1.66. The zero-order chi connectivity index (χ0) is 61.7. The van der Waals surface area contributed by atoms with Gasteiger partial charge < -0.3 is 18.9 Å². The fraction of sp³-hybridized carbons (Fsp3) is 0.244. The minimum Gasteiger partial charge on any atom is -0.311 e. The first-order valence-corrected chi connectivity index (χ1v) is 33.6. The number of benzene rings is 10. The highest BCUT2D eigenvalue weighted by Crippen LogP contribution is 2.54. The van der Waals surface area contributed by atoms with Crippen LogP contribution in [0.3, 0.4) is 0 Å². The number of rotatable bonds is 4. The topological polar surface area (TPSA) is 16.3 Å². The predicted molar refractivity (Wildman–Crippen MR) is 391 cm³/mol. The highest BCUT2D eigenvalue weighted by Gasteiger charge is 2.47. The van der Waals surface area contributed by atoms with Gasteiger partial charge in [-0.2, -0.15) is 0 Å². The van der Waals surface area contributed by atoms with Crippen molar-refractivity contribution in [2.24, 2.45) is 0 Å². The molecular weight excluding hydrogens is 1120 g/mol. The third-order valence-corrected chi connectivity index (χ3v) is 22.1. The maximum Gasteiger partial charge on any atom is 0.264 e. The highest BCUT2D eigenvalue weighted by atomic mass is 32.1. The molecule has 6 heterocycles. The molecule has 0 fully saturated rings. The van der Waals surface area contributed by atoms with Crippen LogP contribution >= 0.6 is 22.7 Å². The van der Waals surface area contributed by atoms with Crippen molar-refractivity contribution >= 4 is 153 Å². The molecule has 0 aliphatic carbocycles. The Hall–Kier alpha value is -8.36. The molecule has 16 rings (SSSR count). The van der Waals surface area contributed by atoms with Crippen molar-refractivity contribution < 1.29 is 0 Å². The summed E-state index contributed by atoms with van der Waals surface area (Å²) in [6, 6.07) is 76.2. The zero-order valence-corrected chi connectivity index (χ0v) is 55.8. The molecule has 0 unspecified atom stereocenters. The van der Waals surface area contributed by atoms with Crippen LogP contribution in [-0.4, -0.2) is 15.8 Å². The first-order valence-electron chi connectivity index (χ1n) is 31.9. The summed E-state index contributed by atoms with van der Waals surface area (Å²) in [6.07, 6.45) is 0. The van der Waals surface area contributed by atoms with E-state index in [2.05, 4.69) is 317 Å². The molecule has 0 atom stereocenters. The van der Waals surface area contributed by atoms with E-state index in [1.165, 1.54) is 146 Å². The number of para-hydroxylation sites is 2. The fourth-order valence-corrected chi connectivity index (χ4v) is 17.3. The molecule has 0 amide bonds. The van der Waals surface area contributed by atoms with E-state index in [1.807, 2.05) is 22.7 Å². The van der Waals surface area contributed by atoms with E-state index in [-0.39, 0.29) is 33.8 Å². The minimum absolute atomic E-state index is 0.0231. The van der Waals surface area contributed by atoms with Gasteiger partial charge in [0.15, 0.2) is 0 Å². The number of aromatic nitrogens is 2. The summed E-state index contributed by atoms with van der Waals surface area (Å²) < 4.78 is 10.4. The first kappa shape index (κ1) is 55.9. The summed E-state index contributed by atoms with van der Waals surface area (Å²) in [5, 5.41) is 8.94. The fourth-order valence-electron chi connectivity index (χ4n) is 14.8. The second-order valence-corrected chi connectivity index (χ2v) is 32.8. The summed E-state index contributed by atoms with van der Waals surface area (Å²) >= 11 is 3.93. The largest absolute Gasteiger partial charge is 0.311 e. The van der Waals surface area contributed by atoms with E-state index >= 15 is 0 Å². The minimum atomic E-state index is -0.155. The highest BCUT2D eigenvalue weighted by molar-refractivity contribution is 7.34. The van der Waals surface area contributed by atoms with Gasteiger partial charge in [-0.1, -0.05) is 201 Å². The molecule has 4 nitrogen and oxygen atoms in total. The maximum absolute atomic E-state index is 2.70. The SMILES string of the molecule is CC(C)(C)c1ccc(N2c3cc(-n4c5ccccc5c5ccccc54)cc4c3B(c3cc(-n5c6ccc(C(C)(C)C)cc6c6cc(C(C)(C)C)ccc65)c5sc6ccccc6c5c3N4c3ccc(C(C)(C)C)cc3)c3sc4ccc(C(C)(C)C)cc4c32)cc1. The van der Waals surface area contributed by atoms with Crippen LogP contribution in [0.4, 0.5) is 34.1 Å². The van der Waals surface area contributed by atoms with Crippen LogP contribution < -0.4 is 25.5 Å². The molecule has 0 N–H and O–H groups in total. The van der Waals surface area contributed by atoms with Crippen molar-refractivity contribution in [1.29, 1.82) is 0 Å². The van der Waals surface area contributed by atoms with E-state index in [0.29, 0.717) is 0 Å². The van der Waals surface area contributed by atoms with Gasteiger partial charge in [0.1, 0.15) is 0 Å². The van der Waals surface area contributed by atoms with Crippen molar-refractivity contribution in [3.63, 3.8) is 0 Å². The zero-order valence-electron chi connectivity index (χ0n) is 54.2. The number of hydrogen-bond donors (Lipinski definition) is 0. The quantitative estimate of drug-likeness (QED) is 0.163. The Morgan fingerprint density at radius 2 is 0.730 bits per heavy atom. The number of thiophene rings is 2. The summed E-state index contributed by atoms with van der Waals surface area (Å²) in [7, 11) is 0.